The van der Waals surface area contributed by atoms with Crippen LogP contribution in [0.5, 0.6) is 0 Å². The molecule has 0 atom stereocenters. The van der Waals surface area contributed by atoms with E-state index in [1.165, 1.54) is 11.3 Å². The fourth-order valence-corrected chi connectivity index (χ4v) is 2.71. The Morgan fingerprint density at radius 1 is 1.50 bits per heavy atom. The second-order valence-corrected chi connectivity index (χ2v) is 5.53. The van der Waals surface area contributed by atoms with Crippen molar-refractivity contribution in [1.29, 1.82) is 0 Å². The molecule has 6 heteroatoms. The smallest absolute Gasteiger partial charge is 0.196 e. The number of nitrogens with zero attached hydrogens (tertiary/aromatic N) is 2. The van der Waals surface area contributed by atoms with Gasteiger partial charge in [-0.2, -0.15) is 0 Å². The number of aromatic amines is 1. The van der Waals surface area contributed by atoms with Crippen molar-refractivity contribution < 1.29 is 4.42 Å². The molecule has 0 amide bonds. The van der Waals surface area contributed by atoms with Crippen molar-refractivity contribution in [2.75, 3.05) is 6.54 Å². The molecule has 0 fully saturated rings. The molecule has 4 nitrogen and oxygen atoms in total. The van der Waals surface area contributed by atoms with Crippen LogP contribution in [-0.2, 0) is 19.5 Å². The Morgan fingerprint density at radius 3 is 3.17 bits per heavy atom. The van der Waals surface area contributed by atoms with Gasteiger partial charge < -0.3 is 9.40 Å². The zero-order valence-electron chi connectivity index (χ0n) is 9.65. The highest BCUT2D eigenvalue weighted by atomic mass is 79.9. The molecule has 94 valence electrons. The van der Waals surface area contributed by atoms with Gasteiger partial charge in [-0.1, -0.05) is 0 Å². The summed E-state index contributed by atoms with van der Waals surface area (Å²) in [4.78, 5) is 9.64. The molecular weight excluding hydrogens is 314 g/mol. The van der Waals surface area contributed by atoms with Crippen LogP contribution in [0.3, 0.4) is 0 Å². The van der Waals surface area contributed by atoms with E-state index in [0.717, 1.165) is 36.5 Å². The lowest BCUT2D eigenvalue weighted by atomic mass is 10.1. The molecule has 0 saturated heterocycles. The van der Waals surface area contributed by atoms with E-state index in [1.807, 2.05) is 18.3 Å². The van der Waals surface area contributed by atoms with Gasteiger partial charge in [0, 0.05) is 37.0 Å². The summed E-state index contributed by atoms with van der Waals surface area (Å²) in [6, 6.07) is 3.92. The highest BCUT2D eigenvalue weighted by molar-refractivity contribution is 9.10. The summed E-state index contributed by atoms with van der Waals surface area (Å²) in [7, 11) is 0. The van der Waals surface area contributed by atoms with Gasteiger partial charge in [-0.05, 0) is 40.3 Å². The second kappa shape index (κ2) is 4.95. The summed E-state index contributed by atoms with van der Waals surface area (Å²) >= 11 is 8.35. The molecule has 3 rings (SSSR count). The average molecular weight is 326 g/mol. The first-order valence-electron chi connectivity index (χ1n) is 5.74. The van der Waals surface area contributed by atoms with Gasteiger partial charge in [-0.15, -0.1) is 0 Å². The SMILES string of the molecule is S=c1ncc2c([nH]1)CCN(Cc1ccc(Br)o1)C2. The molecule has 3 heterocycles. The van der Waals surface area contributed by atoms with E-state index in [0.29, 0.717) is 4.77 Å². The number of aromatic nitrogens is 2. The van der Waals surface area contributed by atoms with Gasteiger partial charge >= 0.3 is 0 Å². The quantitative estimate of drug-likeness (QED) is 0.862. The molecule has 0 saturated carbocycles. The minimum absolute atomic E-state index is 0.567. The van der Waals surface area contributed by atoms with Crippen LogP contribution in [0.15, 0.2) is 27.4 Å². The Labute approximate surface area is 118 Å². The Balaban J connectivity index is 1.75. The minimum Gasteiger partial charge on any atom is -0.453 e. The predicted octanol–water partition coefficient (Wildman–Crippen LogP) is 3.05. The van der Waals surface area contributed by atoms with E-state index in [2.05, 4.69) is 30.8 Å². The molecule has 1 aliphatic rings. The molecule has 0 unspecified atom stereocenters. The van der Waals surface area contributed by atoms with Crippen molar-refractivity contribution in [3.63, 3.8) is 0 Å². The highest BCUT2D eigenvalue weighted by Crippen LogP contribution is 2.20. The Bertz CT molecular complexity index is 622. The van der Waals surface area contributed by atoms with E-state index in [9.17, 15) is 0 Å². The van der Waals surface area contributed by atoms with Gasteiger partial charge in [-0.25, -0.2) is 4.98 Å². The van der Waals surface area contributed by atoms with Crippen molar-refractivity contribution in [2.45, 2.75) is 19.5 Å². The normalized spacial score (nSPS) is 15.6. The summed E-state index contributed by atoms with van der Waals surface area (Å²) in [5.74, 6) is 0.974. The number of nitrogens with one attached hydrogen (secondary N) is 1. The number of furan rings is 1. The minimum atomic E-state index is 0.567. The zero-order valence-corrected chi connectivity index (χ0v) is 12.1. The maximum absolute atomic E-state index is 5.53. The van der Waals surface area contributed by atoms with Crippen LogP contribution in [0.4, 0.5) is 0 Å². The number of halogens is 1. The van der Waals surface area contributed by atoms with Gasteiger partial charge in [0.2, 0.25) is 0 Å². The lowest BCUT2D eigenvalue weighted by Gasteiger charge is -2.27. The van der Waals surface area contributed by atoms with Crippen LogP contribution >= 0.6 is 28.1 Å². The zero-order chi connectivity index (χ0) is 12.5. The fourth-order valence-electron chi connectivity index (χ4n) is 2.20. The Hall–Kier alpha value is -0.980. The molecule has 18 heavy (non-hydrogen) atoms. The van der Waals surface area contributed by atoms with E-state index in [4.69, 9.17) is 16.6 Å². The van der Waals surface area contributed by atoms with E-state index in [1.54, 1.807) is 0 Å². The molecule has 0 radical (unpaired) electrons. The molecular formula is C12H12BrN3OS. The number of hydrogen-bond donors (Lipinski definition) is 1. The lowest BCUT2D eigenvalue weighted by Crippen LogP contribution is -2.30. The van der Waals surface area contributed by atoms with Crippen LogP contribution in [0.1, 0.15) is 17.0 Å². The number of hydrogen-bond acceptors (Lipinski definition) is 4. The van der Waals surface area contributed by atoms with Crippen molar-refractivity contribution in [2.24, 2.45) is 0 Å². The molecule has 0 aliphatic carbocycles. The molecule has 0 spiro atoms. The lowest BCUT2D eigenvalue weighted by molar-refractivity contribution is 0.222. The fraction of sp³-hybridized carbons (Fsp3) is 0.333. The first-order chi connectivity index (χ1) is 8.70. The Kier molecular flexibility index (Phi) is 3.32. The van der Waals surface area contributed by atoms with Crippen molar-refractivity contribution in [3.05, 3.63) is 44.8 Å². The van der Waals surface area contributed by atoms with Gasteiger partial charge in [0.1, 0.15) is 5.76 Å². The number of fused-ring (bicyclic) bond motifs is 1. The third-order valence-corrected chi connectivity index (χ3v) is 3.70. The first-order valence-corrected chi connectivity index (χ1v) is 6.94. The monoisotopic (exact) mass is 325 g/mol. The van der Waals surface area contributed by atoms with E-state index < -0.39 is 0 Å². The standard InChI is InChI=1S/C12H12BrN3OS/c13-11-2-1-9(17-11)7-16-4-3-10-8(6-16)5-14-12(18)15-10/h1-2,5H,3-4,6-7H2,(H,14,15,18). The summed E-state index contributed by atoms with van der Waals surface area (Å²) in [6.07, 6.45) is 2.85. The molecule has 2 aromatic rings. The van der Waals surface area contributed by atoms with Crippen LogP contribution in [0, 0.1) is 4.77 Å². The van der Waals surface area contributed by atoms with Gasteiger partial charge in [0.15, 0.2) is 9.44 Å². The van der Waals surface area contributed by atoms with Crippen molar-refractivity contribution in [1.82, 2.24) is 14.9 Å². The molecule has 1 aliphatic heterocycles. The summed E-state index contributed by atoms with van der Waals surface area (Å²) in [6.45, 7) is 2.70. The summed E-state index contributed by atoms with van der Waals surface area (Å²) in [5.41, 5.74) is 2.44. The van der Waals surface area contributed by atoms with E-state index in [-0.39, 0.29) is 0 Å². The van der Waals surface area contributed by atoms with Gasteiger partial charge in [0.25, 0.3) is 0 Å². The van der Waals surface area contributed by atoms with Crippen LogP contribution in [0.2, 0.25) is 0 Å². The average Bonchev–Trinajstić information content (AvgIpc) is 2.75. The topological polar surface area (TPSA) is 45.1 Å². The number of rotatable bonds is 2. The van der Waals surface area contributed by atoms with Gasteiger partial charge in [0.05, 0.1) is 6.54 Å². The van der Waals surface area contributed by atoms with Crippen LogP contribution in [0.25, 0.3) is 0 Å². The van der Waals surface area contributed by atoms with Gasteiger partial charge in [-0.3, -0.25) is 4.90 Å². The third kappa shape index (κ3) is 2.55. The van der Waals surface area contributed by atoms with Crippen LogP contribution < -0.4 is 0 Å². The molecule has 0 aromatic carbocycles. The maximum atomic E-state index is 5.53. The number of H-pyrrole nitrogens is 1. The summed E-state index contributed by atoms with van der Waals surface area (Å²) < 4.78 is 6.87. The molecule has 0 bridgehead atoms. The van der Waals surface area contributed by atoms with Crippen molar-refractivity contribution in [3.8, 4) is 0 Å². The second-order valence-electron chi connectivity index (χ2n) is 4.36. The highest BCUT2D eigenvalue weighted by Gasteiger charge is 2.18. The molecule has 2 aromatic heterocycles. The summed E-state index contributed by atoms with van der Waals surface area (Å²) in [5, 5.41) is 0. The largest absolute Gasteiger partial charge is 0.453 e. The first kappa shape index (κ1) is 12.1. The van der Waals surface area contributed by atoms with E-state index >= 15 is 0 Å². The van der Waals surface area contributed by atoms with Crippen LogP contribution in [-0.4, -0.2) is 21.4 Å². The Morgan fingerprint density at radius 2 is 2.39 bits per heavy atom. The molecule has 1 N–H and O–H groups in total. The third-order valence-electron chi connectivity index (χ3n) is 3.06. The van der Waals surface area contributed by atoms with Crippen molar-refractivity contribution >= 4 is 28.1 Å². The predicted molar refractivity (Wildman–Crippen MR) is 73.6 cm³/mol. The maximum Gasteiger partial charge on any atom is 0.196 e.